The highest BCUT2D eigenvalue weighted by molar-refractivity contribution is 7.85. The molecule has 0 spiro atoms. The van der Waals surface area contributed by atoms with Gasteiger partial charge in [0, 0.05) is 48.0 Å². The molecule has 2 aliphatic rings. The topological polar surface area (TPSA) is 32.3 Å². The Balaban J connectivity index is 1.85. The minimum atomic E-state index is -0.545. The summed E-state index contributed by atoms with van der Waals surface area (Å²) in [7, 11) is 1.57. The van der Waals surface area contributed by atoms with Crippen LogP contribution in [-0.2, 0) is 10.8 Å². The van der Waals surface area contributed by atoms with Crippen LogP contribution in [0.2, 0.25) is 0 Å². The van der Waals surface area contributed by atoms with Crippen LogP contribution in [0, 0.1) is 11.8 Å². The molecule has 4 heteroatoms. The highest BCUT2D eigenvalue weighted by atomic mass is 32.2. The molecule has 0 radical (unpaired) electrons. The molecule has 0 bridgehead atoms. The van der Waals surface area contributed by atoms with E-state index in [0.29, 0.717) is 6.04 Å². The average molecular weight is 286 g/mol. The van der Waals surface area contributed by atoms with Crippen molar-refractivity contribution in [3.8, 4) is 0 Å². The molecule has 1 saturated carbocycles. The summed E-state index contributed by atoms with van der Waals surface area (Å²) in [5, 5.41) is 3.53. The molecule has 0 aromatic carbocycles. The molecule has 19 heavy (non-hydrogen) atoms. The predicted octanol–water partition coefficient (Wildman–Crippen LogP) is 1.86. The second kappa shape index (κ2) is 7.75. The summed E-state index contributed by atoms with van der Waals surface area (Å²) in [4.78, 5) is 2.55. The van der Waals surface area contributed by atoms with Crippen molar-refractivity contribution < 1.29 is 4.21 Å². The number of hydrogen-bond donors (Lipinski definition) is 1. The van der Waals surface area contributed by atoms with Gasteiger partial charge in [0.2, 0.25) is 0 Å². The second-order valence-electron chi connectivity index (χ2n) is 6.27. The highest BCUT2D eigenvalue weighted by Crippen LogP contribution is 2.32. The van der Waals surface area contributed by atoms with Gasteiger partial charge < -0.3 is 10.2 Å². The van der Waals surface area contributed by atoms with Gasteiger partial charge in [-0.15, -0.1) is 0 Å². The van der Waals surface area contributed by atoms with E-state index in [0.717, 1.165) is 36.4 Å². The van der Waals surface area contributed by atoms with Crippen LogP contribution in [0.5, 0.6) is 0 Å². The molecule has 1 aliphatic heterocycles. The lowest BCUT2D eigenvalue weighted by Gasteiger charge is -2.39. The summed E-state index contributed by atoms with van der Waals surface area (Å²) in [6, 6.07) is 0.695. The molecule has 1 aliphatic carbocycles. The van der Waals surface area contributed by atoms with E-state index >= 15 is 0 Å². The molecule has 3 unspecified atom stereocenters. The maximum atomic E-state index is 11.4. The van der Waals surface area contributed by atoms with Gasteiger partial charge in [0.15, 0.2) is 0 Å². The monoisotopic (exact) mass is 286 g/mol. The fourth-order valence-electron chi connectivity index (χ4n) is 3.80. The average Bonchev–Trinajstić information content (AvgIpc) is 2.42. The lowest BCUT2D eigenvalue weighted by molar-refractivity contribution is 0.145. The van der Waals surface area contributed by atoms with Crippen LogP contribution in [0.25, 0.3) is 0 Å². The van der Waals surface area contributed by atoms with Crippen LogP contribution in [0.3, 0.4) is 0 Å². The first-order valence-corrected chi connectivity index (χ1v) is 9.46. The Morgan fingerprint density at radius 2 is 2.00 bits per heavy atom. The van der Waals surface area contributed by atoms with E-state index in [1.807, 2.05) is 0 Å². The van der Waals surface area contributed by atoms with Crippen LogP contribution in [0.1, 0.15) is 39.0 Å². The van der Waals surface area contributed by atoms with Gasteiger partial charge in [-0.2, -0.15) is 0 Å². The van der Waals surface area contributed by atoms with Crippen molar-refractivity contribution in [2.75, 3.05) is 38.2 Å². The van der Waals surface area contributed by atoms with E-state index in [1.54, 1.807) is 0 Å². The van der Waals surface area contributed by atoms with Crippen molar-refractivity contribution in [2.24, 2.45) is 11.8 Å². The van der Waals surface area contributed by atoms with E-state index in [4.69, 9.17) is 0 Å². The Labute approximate surface area is 121 Å². The molecule has 0 aromatic heterocycles. The third kappa shape index (κ3) is 4.54. The van der Waals surface area contributed by atoms with Gasteiger partial charge in [-0.25, -0.2) is 0 Å². The van der Waals surface area contributed by atoms with Crippen LogP contribution in [-0.4, -0.2) is 53.3 Å². The SMILES string of the molecule is CCCC1CCC(NC)C(CN2CCS(=O)CC2)C1. The van der Waals surface area contributed by atoms with Crippen molar-refractivity contribution in [3.63, 3.8) is 0 Å². The van der Waals surface area contributed by atoms with Crippen LogP contribution in [0.4, 0.5) is 0 Å². The Morgan fingerprint density at radius 3 is 2.63 bits per heavy atom. The Morgan fingerprint density at radius 1 is 1.26 bits per heavy atom. The second-order valence-corrected chi connectivity index (χ2v) is 7.97. The molecule has 112 valence electrons. The van der Waals surface area contributed by atoms with Crippen molar-refractivity contribution in [3.05, 3.63) is 0 Å². The van der Waals surface area contributed by atoms with Crippen molar-refractivity contribution >= 4 is 10.8 Å². The standard InChI is InChI=1S/C15H30N2OS/c1-3-4-13-5-6-15(16-2)14(11-13)12-17-7-9-19(18)10-8-17/h13-16H,3-12H2,1-2H3. The summed E-state index contributed by atoms with van der Waals surface area (Å²) in [6.45, 7) is 5.60. The maximum absolute atomic E-state index is 11.4. The minimum Gasteiger partial charge on any atom is -0.317 e. The molecule has 2 rings (SSSR count). The van der Waals surface area contributed by atoms with Crippen molar-refractivity contribution in [2.45, 2.75) is 45.1 Å². The fraction of sp³-hybridized carbons (Fsp3) is 1.00. The Kier molecular flexibility index (Phi) is 6.30. The van der Waals surface area contributed by atoms with Gasteiger partial charge >= 0.3 is 0 Å². The third-order valence-corrected chi connectivity index (χ3v) is 6.20. The first-order chi connectivity index (χ1) is 9.22. The van der Waals surface area contributed by atoms with E-state index in [2.05, 4.69) is 24.2 Å². The normalized spacial score (nSPS) is 34.5. The zero-order chi connectivity index (χ0) is 13.7. The number of hydrogen-bond acceptors (Lipinski definition) is 3. The van der Waals surface area contributed by atoms with E-state index < -0.39 is 10.8 Å². The molecule has 0 aromatic rings. The first-order valence-electron chi connectivity index (χ1n) is 7.97. The van der Waals surface area contributed by atoms with Gasteiger partial charge in [-0.3, -0.25) is 4.21 Å². The van der Waals surface area contributed by atoms with Crippen molar-refractivity contribution in [1.82, 2.24) is 10.2 Å². The fourth-order valence-corrected chi connectivity index (χ4v) is 4.93. The molecule has 3 nitrogen and oxygen atoms in total. The first kappa shape index (κ1) is 15.5. The summed E-state index contributed by atoms with van der Waals surface area (Å²) in [5.41, 5.74) is 0. The number of nitrogens with zero attached hydrogens (tertiary/aromatic N) is 1. The Hall–Kier alpha value is 0.0700. The highest BCUT2D eigenvalue weighted by Gasteiger charge is 2.31. The van der Waals surface area contributed by atoms with E-state index in [9.17, 15) is 4.21 Å². The number of rotatable bonds is 5. The third-order valence-electron chi connectivity index (χ3n) is 4.92. The molecule has 3 atom stereocenters. The van der Waals surface area contributed by atoms with Gasteiger partial charge in [0.05, 0.1) is 0 Å². The van der Waals surface area contributed by atoms with E-state index in [-0.39, 0.29) is 0 Å². The van der Waals surface area contributed by atoms with Crippen LogP contribution in [0.15, 0.2) is 0 Å². The van der Waals surface area contributed by atoms with E-state index in [1.165, 1.54) is 38.6 Å². The summed E-state index contributed by atoms with van der Waals surface area (Å²) < 4.78 is 11.4. The molecular formula is C15H30N2OS. The molecule has 0 amide bonds. The lowest BCUT2D eigenvalue weighted by Crippen LogP contribution is -2.47. The summed E-state index contributed by atoms with van der Waals surface area (Å²) in [6.07, 6.45) is 6.85. The van der Waals surface area contributed by atoms with Crippen LogP contribution >= 0.6 is 0 Å². The predicted molar refractivity (Wildman–Crippen MR) is 82.9 cm³/mol. The largest absolute Gasteiger partial charge is 0.317 e. The number of nitrogens with one attached hydrogen (secondary N) is 1. The molecule has 1 heterocycles. The quantitative estimate of drug-likeness (QED) is 0.837. The summed E-state index contributed by atoms with van der Waals surface area (Å²) >= 11 is 0. The lowest BCUT2D eigenvalue weighted by atomic mass is 9.76. The zero-order valence-electron chi connectivity index (χ0n) is 12.6. The smallest absolute Gasteiger partial charge is 0.0363 e. The maximum Gasteiger partial charge on any atom is 0.0363 e. The van der Waals surface area contributed by atoms with Gasteiger partial charge in [0.25, 0.3) is 0 Å². The molecular weight excluding hydrogens is 256 g/mol. The van der Waals surface area contributed by atoms with Gasteiger partial charge in [-0.1, -0.05) is 19.8 Å². The molecule has 1 saturated heterocycles. The minimum absolute atomic E-state index is 0.545. The zero-order valence-corrected chi connectivity index (χ0v) is 13.4. The molecule has 2 fully saturated rings. The molecule has 1 N–H and O–H groups in total. The van der Waals surface area contributed by atoms with Gasteiger partial charge in [-0.05, 0) is 38.1 Å². The van der Waals surface area contributed by atoms with Crippen LogP contribution < -0.4 is 5.32 Å². The van der Waals surface area contributed by atoms with Gasteiger partial charge in [0.1, 0.15) is 0 Å². The van der Waals surface area contributed by atoms with Crippen molar-refractivity contribution in [1.29, 1.82) is 0 Å². The Bertz CT molecular complexity index is 288. The summed E-state index contributed by atoms with van der Waals surface area (Å²) in [5.74, 6) is 3.50.